The van der Waals surface area contributed by atoms with Crippen molar-refractivity contribution in [2.75, 3.05) is 0 Å². The summed E-state index contributed by atoms with van der Waals surface area (Å²) in [4.78, 5) is 0. The Hall–Kier alpha value is -1.30. The molecule has 1 fully saturated rings. The lowest BCUT2D eigenvalue weighted by Gasteiger charge is -1.92. The molecule has 0 spiro atoms. The lowest BCUT2D eigenvalue weighted by atomic mass is 10.1. The van der Waals surface area contributed by atoms with Crippen molar-refractivity contribution in [3.05, 3.63) is 54.1 Å². The van der Waals surface area contributed by atoms with Crippen molar-refractivity contribution < 1.29 is 0 Å². The predicted molar refractivity (Wildman–Crippen MR) is 59.7 cm³/mol. The molecule has 1 aromatic rings. The van der Waals surface area contributed by atoms with Gasteiger partial charge in [0.05, 0.1) is 0 Å². The molecule has 0 aliphatic heterocycles. The Morgan fingerprint density at radius 1 is 1.14 bits per heavy atom. The molecule has 14 heavy (non-hydrogen) atoms. The van der Waals surface area contributed by atoms with E-state index in [2.05, 4.69) is 54.6 Å². The molecule has 0 N–H and O–H groups in total. The molecule has 1 aromatic carbocycles. The molecule has 3 atom stereocenters. The van der Waals surface area contributed by atoms with Gasteiger partial charge >= 0.3 is 0 Å². The molecule has 70 valence electrons. The van der Waals surface area contributed by atoms with Crippen LogP contribution < -0.4 is 0 Å². The van der Waals surface area contributed by atoms with Gasteiger partial charge in [-0.3, -0.25) is 0 Å². The third kappa shape index (κ3) is 1.31. The molecule has 3 rings (SSSR count). The number of allylic oxidation sites excluding steroid dienone is 3. The van der Waals surface area contributed by atoms with E-state index < -0.39 is 0 Å². The van der Waals surface area contributed by atoms with Crippen molar-refractivity contribution in [1.82, 2.24) is 0 Å². The minimum absolute atomic E-state index is 0.834. The smallest absolute Gasteiger partial charge is 0.0127 e. The molecule has 0 heterocycles. The van der Waals surface area contributed by atoms with Crippen molar-refractivity contribution in [1.29, 1.82) is 0 Å². The van der Waals surface area contributed by atoms with E-state index in [0.29, 0.717) is 0 Å². The molecule has 0 radical (unpaired) electrons. The summed E-state index contributed by atoms with van der Waals surface area (Å²) in [5.74, 6) is 2.64. The van der Waals surface area contributed by atoms with Gasteiger partial charge in [0.25, 0.3) is 0 Å². The molecule has 0 nitrogen and oxygen atoms in total. The Kier molecular flexibility index (Phi) is 1.80. The maximum Gasteiger partial charge on any atom is -0.0127 e. The number of hydrogen-bond donors (Lipinski definition) is 0. The molecule has 2 aliphatic carbocycles. The van der Waals surface area contributed by atoms with Crippen LogP contribution in [-0.4, -0.2) is 0 Å². The van der Waals surface area contributed by atoms with Crippen molar-refractivity contribution in [2.24, 2.45) is 17.8 Å². The topological polar surface area (TPSA) is 0 Å². The fourth-order valence-corrected chi connectivity index (χ4v) is 2.46. The first kappa shape index (κ1) is 8.05. The summed E-state index contributed by atoms with van der Waals surface area (Å²) in [5, 5.41) is 0. The van der Waals surface area contributed by atoms with Crippen LogP contribution in [0.3, 0.4) is 0 Å². The average Bonchev–Trinajstić information content (AvgIpc) is 2.69. The van der Waals surface area contributed by atoms with Gasteiger partial charge in [0.2, 0.25) is 0 Å². The number of benzene rings is 1. The number of rotatable bonds is 2. The number of hydrogen-bond acceptors (Lipinski definition) is 0. The van der Waals surface area contributed by atoms with E-state index >= 15 is 0 Å². The van der Waals surface area contributed by atoms with E-state index in [9.17, 15) is 0 Å². The zero-order valence-corrected chi connectivity index (χ0v) is 8.14. The van der Waals surface area contributed by atoms with Crippen LogP contribution in [-0.2, 0) is 0 Å². The molecule has 0 heteroatoms. The Bertz CT molecular complexity index is 372. The predicted octanol–water partition coefficient (Wildman–Crippen LogP) is 3.52. The summed E-state index contributed by atoms with van der Waals surface area (Å²) in [5.41, 5.74) is 1.32. The Balaban J connectivity index is 1.69. The van der Waals surface area contributed by atoms with Crippen molar-refractivity contribution in [2.45, 2.75) is 6.42 Å². The van der Waals surface area contributed by atoms with E-state index in [-0.39, 0.29) is 0 Å². The van der Waals surface area contributed by atoms with Crippen LogP contribution in [0, 0.1) is 17.8 Å². The zero-order chi connectivity index (χ0) is 9.38. The third-order valence-corrected chi connectivity index (χ3v) is 3.37. The lowest BCUT2D eigenvalue weighted by molar-refractivity contribution is 0.815. The summed E-state index contributed by atoms with van der Waals surface area (Å²) < 4.78 is 0. The highest BCUT2D eigenvalue weighted by atomic mass is 14.5. The van der Waals surface area contributed by atoms with Gasteiger partial charge in [-0.15, -0.1) is 0 Å². The summed E-state index contributed by atoms with van der Waals surface area (Å²) in [6.45, 7) is 0. The second-order valence-electron chi connectivity index (χ2n) is 4.25. The standard InChI is InChI=1S/C14H14/c1-2-5-11(6-3-1)9-10-14-12-7-4-8-13(12)14/h1-7,9-10,12-14H,8H2/b10-9-. The Morgan fingerprint density at radius 2 is 2.00 bits per heavy atom. The fraction of sp³-hybridized carbons (Fsp3) is 0.286. The van der Waals surface area contributed by atoms with E-state index in [1.807, 2.05) is 0 Å². The Morgan fingerprint density at radius 3 is 2.71 bits per heavy atom. The second kappa shape index (κ2) is 3.13. The summed E-state index contributed by atoms with van der Waals surface area (Å²) in [6.07, 6.45) is 10.6. The molecule has 0 saturated heterocycles. The van der Waals surface area contributed by atoms with Crippen LogP contribution in [0.4, 0.5) is 0 Å². The fourth-order valence-electron chi connectivity index (χ4n) is 2.46. The van der Waals surface area contributed by atoms with Crippen molar-refractivity contribution in [3.63, 3.8) is 0 Å². The van der Waals surface area contributed by atoms with E-state index in [1.54, 1.807) is 0 Å². The largest absolute Gasteiger partial charge is 0.0879 e. The Labute approximate surface area is 85.0 Å². The molecule has 3 unspecified atom stereocenters. The highest BCUT2D eigenvalue weighted by molar-refractivity contribution is 5.50. The van der Waals surface area contributed by atoms with Gasteiger partial charge in [-0.25, -0.2) is 0 Å². The van der Waals surface area contributed by atoms with E-state index in [0.717, 1.165) is 17.8 Å². The minimum atomic E-state index is 0.834. The van der Waals surface area contributed by atoms with Crippen LogP contribution in [0.2, 0.25) is 0 Å². The molecule has 0 aromatic heterocycles. The van der Waals surface area contributed by atoms with Crippen LogP contribution in [0.1, 0.15) is 12.0 Å². The first-order valence-corrected chi connectivity index (χ1v) is 5.35. The van der Waals surface area contributed by atoms with Crippen LogP contribution in [0.5, 0.6) is 0 Å². The maximum atomic E-state index is 2.38. The van der Waals surface area contributed by atoms with Gasteiger partial charge in [0.15, 0.2) is 0 Å². The van der Waals surface area contributed by atoms with Crippen LogP contribution in [0.15, 0.2) is 48.6 Å². The first-order chi connectivity index (χ1) is 6.95. The third-order valence-electron chi connectivity index (χ3n) is 3.37. The zero-order valence-electron chi connectivity index (χ0n) is 8.14. The van der Waals surface area contributed by atoms with Gasteiger partial charge in [-0.05, 0) is 29.7 Å². The minimum Gasteiger partial charge on any atom is -0.0879 e. The molecule has 1 saturated carbocycles. The normalized spacial score (nSPS) is 33.6. The van der Waals surface area contributed by atoms with Gasteiger partial charge in [-0.1, -0.05) is 54.6 Å². The van der Waals surface area contributed by atoms with Gasteiger partial charge in [0.1, 0.15) is 0 Å². The van der Waals surface area contributed by atoms with Gasteiger partial charge in [-0.2, -0.15) is 0 Å². The van der Waals surface area contributed by atoms with Crippen LogP contribution in [0.25, 0.3) is 6.08 Å². The molecule has 2 aliphatic rings. The SMILES string of the molecule is C1=CC2C(/C=C\c3ccccc3)C2C1. The maximum absolute atomic E-state index is 2.38. The lowest BCUT2D eigenvalue weighted by Crippen LogP contribution is -1.77. The monoisotopic (exact) mass is 182 g/mol. The summed E-state index contributed by atoms with van der Waals surface area (Å²) in [6, 6.07) is 10.6. The summed E-state index contributed by atoms with van der Waals surface area (Å²) >= 11 is 0. The van der Waals surface area contributed by atoms with E-state index in [1.165, 1.54) is 12.0 Å². The molecule has 0 amide bonds. The highest BCUT2D eigenvalue weighted by Crippen LogP contribution is 2.54. The van der Waals surface area contributed by atoms with Crippen molar-refractivity contribution in [3.8, 4) is 0 Å². The first-order valence-electron chi connectivity index (χ1n) is 5.35. The van der Waals surface area contributed by atoms with Gasteiger partial charge in [0, 0.05) is 0 Å². The molecular formula is C14H14. The number of fused-ring (bicyclic) bond motifs is 1. The van der Waals surface area contributed by atoms with E-state index in [4.69, 9.17) is 0 Å². The summed E-state index contributed by atoms with van der Waals surface area (Å²) in [7, 11) is 0. The molecule has 0 bridgehead atoms. The highest BCUT2D eigenvalue weighted by Gasteiger charge is 2.47. The second-order valence-corrected chi connectivity index (χ2v) is 4.25. The van der Waals surface area contributed by atoms with Crippen LogP contribution >= 0.6 is 0 Å². The molecular weight excluding hydrogens is 168 g/mol. The quantitative estimate of drug-likeness (QED) is 0.614. The van der Waals surface area contributed by atoms with Crippen molar-refractivity contribution >= 4 is 6.08 Å². The average molecular weight is 182 g/mol. The van der Waals surface area contributed by atoms with Gasteiger partial charge < -0.3 is 0 Å².